The molecule has 0 aliphatic heterocycles. The molecule has 0 heterocycles. The summed E-state index contributed by atoms with van der Waals surface area (Å²) in [5.74, 6) is -0.679. The molecule has 0 unspecified atom stereocenters. The summed E-state index contributed by atoms with van der Waals surface area (Å²) in [5, 5.41) is 18.1. The lowest BCUT2D eigenvalue weighted by Gasteiger charge is -2.40. The summed E-state index contributed by atoms with van der Waals surface area (Å²) in [6, 6.07) is 30.2. The topological polar surface area (TPSA) is 81.7 Å². The van der Waals surface area contributed by atoms with Gasteiger partial charge < -0.3 is 20.6 Å². The minimum atomic E-state index is -4.46. The molecule has 3 atom stereocenters. The first kappa shape index (κ1) is 35.8. The Labute approximate surface area is 286 Å². The Morgan fingerprint density at radius 3 is 2.14 bits per heavy atom. The maximum Gasteiger partial charge on any atom is 0.416 e. The molecule has 6 nitrogen and oxygen atoms in total. The van der Waals surface area contributed by atoms with E-state index in [2.05, 4.69) is 10.6 Å². The second-order valence-electron chi connectivity index (χ2n) is 13.0. The van der Waals surface area contributed by atoms with Crippen molar-refractivity contribution in [3.05, 3.63) is 143 Å². The van der Waals surface area contributed by atoms with Crippen molar-refractivity contribution in [1.29, 1.82) is 0 Å². The number of alkyl halides is 3. The molecule has 5 rings (SSSR count). The van der Waals surface area contributed by atoms with Crippen LogP contribution < -0.4 is 10.6 Å². The van der Waals surface area contributed by atoms with Crippen molar-refractivity contribution >= 4 is 11.8 Å². The Kier molecular flexibility index (Phi) is 11.6. The van der Waals surface area contributed by atoms with E-state index >= 15 is 0 Å². The number of carbonyl (C=O) groups excluding carboxylic acids is 2. The van der Waals surface area contributed by atoms with Crippen LogP contribution in [0, 0.1) is 0 Å². The van der Waals surface area contributed by atoms with Crippen molar-refractivity contribution in [3.8, 4) is 0 Å². The van der Waals surface area contributed by atoms with Crippen LogP contribution in [0.2, 0.25) is 0 Å². The van der Waals surface area contributed by atoms with E-state index in [1.165, 1.54) is 12.1 Å². The highest BCUT2D eigenvalue weighted by molar-refractivity contribution is 5.99. The second kappa shape index (κ2) is 15.8. The van der Waals surface area contributed by atoms with E-state index < -0.39 is 35.3 Å². The molecule has 1 aliphatic rings. The van der Waals surface area contributed by atoms with Crippen molar-refractivity contribution in [2.45, 2.75) is 75.4 Å². The first-order valence-corrected chi connectivity index (χ1v) is 16.8. The van der Waals surface area contributed by atoms with Gasteiger partial charge in [-0.1, -0.05) is 98.1 Å². The van der Waals surface area contributed by atoms with Crippen molar-refractivity contribution in [2.24, 2.45) is 0 Å². The lowest BCUT2D eigenvalue weighted by Crippen LogP contribution is -2.53. The number of aliphatic hydroxyl groups excluding tert-OH is 1. The van der Waals surface area contributed by atoms with Gasteiger partial charge in [-0.05, 0) is 73.2 Å². The molecule has 9 heteroatoms. The number of rotatable bonds is 12. The largest absolute Gasteiger partial charge is 0.416 e. The van der Waals surface area contributed by atoms with Gasteiger partial charge in [-0.25, -0.2) is 0 Å². The summed E-state index contributed by atoms with van der Waals surface area (Å²) < 4.78 is 40.9. The highest BCUT2D eigenvalue weighted by Crippen LogP contribution is 2.39. The van der Waals surface area contributed by atoms with Crippen LogP contribution in [-0.2, 0) is 18.1 Å². The molecule has 0 aromatic heterocycles. The first-order chi connectivity index (χ1) is 23.5. The fraction of sp³-hybridized carbons (Fsp3) is 0.350. The molecule has 3 N–H and O–H groups in total. The third kappa shape index (κ3) is 8.96. The molecule has 1 fully saturated rings. The fourth-order valence-electron chi connectivity index (χ4n) is 6.69. The van der Waals surface area contributed by atoms with Gasteiger partial charge in [0.05, 0.1) is 23.8 Å². The number of hydrogen-bond donors (Lipinski definition) is 3. The van der Waals surface area contributed by atoms with Crippen molar-refractivity contribution < 1.29 is 27.9 Å². The van der Waals surface area contributed by atoms with Crippen LogP contribution in [0.1, 0.15) is 88.0 Å². The minimum absolute atomic E-state index is 0.0503. The van der Waals surface area contributed by atoms with Gasteiger partial charge in [0.15, 0.2) is 0 Å². The summed E-state index contributed by atoms with van der Waals surface area (Å²) in [7, 11) is 1.73. The average molecular weight is 672 g/mol. The molecule has 49 heavy (non-hydrogen) atoms. The Bertz CT molecular complexity index is 1690. The molecule has 1 aliphatic carbocycles. The van der Waals surface area contributed by atoms with Gasteiger partial charge in [0, 0.05) is 30.3 Å². The van der Waals surface area contributed by atoms with Crippen LogP contribution in [0.25, 0.3) is 0 Å². The van der Waals surface area contributed by atoms with Gasteiger partial charge in [-0.3, -0.25) is 9.59 Å². The molecular weight excluding hydrogens is 627 g/mol. The number of benzene rings is 4. The zero-order valence-electron chi connectivity index (χ0n) is 27.9. The molecule has 258 valence electrons. The normalized spacial score (nSPS) is 16.3. The van der Waals surface area contributed by atoms with E-state index in [-0.39, 0.29) is 24.1 Å². The zero-order valence-corrected chi connectivity index (χ0v) is 27.9. The Hall–Kier alpha value is -4.47. The van der Waals surface area contributed by atoms with E-state index in [1.54, 1.807) is 42.3 Å². The average Bonchev–Trinajstić information content (AvgIpc) is 3.13. The van der Waals surface area contributed by atoms with Crippen LogP contribution in [0.4, 0.5) is 13.2 Å². The summed E-state index contributed by atoms with van der Waals surface area (Å²) in [4.78, 5) is 28.8. The minimum Gasteiger partial charge on any atom is -0.390 e. The summed E-state index contributed by atoms with van der Waals surface area (Å²) in [6.07, 6.45) is -1.27. The van der Waals surface area contributed by atoms with Gasteiger partial charge in [0.25, 0.3) is 11.8 Å². The lowest BCUT2D eigenvalue weighted by molar-refractivity contribution is -0.137. The highest BCUT2D eigenvalue weighted by Gasteiger charge is 2.38. The van der Waals surface area contributed by atoms with Crippen LogP contribution in [-0.4, -0.2) is 47.6 Å². The molecule has 4 aromatic carbocycles. The van der Waals surface area contributed by atoms with Gasteiger partial charge in [-0.2, -0.15) is 13.2 Å². The Morgan fingerprint density at radius 2 is 1.47 bits per heavy atom. The highest BCUT2D eigenvalue weighted by atomic mass is 19.4. The van der Waals surface area contributed by atoms with E-state index in [4.69, 9.17) is 0 Å². The van der Waals surface area contributed by atoms with Crippen molar-refractivity contribution in [1.82, 2.24) is 15.5 Å². The number of nitrogens with one attached hydrogen (secondary N) is 2. The fourth-order valence-corrected chi connectivity index (χ4v) is 6.69. The number of carbonyl (C=O) groups is 2. The number of amides is 2. The predicted octanol–water partition coefficient (Wildman–Crippen LogP) is 7.69. The molecular formula is C40H44F3N3O3. The molecule has 0 bridgehead atoms. The standard InChI is InChI=1S/C40H44F3N3O3/c1-28(30-16-8-4-9-17-30)46(2)38(49)32-19-12-18-31(25-32)37(48)45-35(24-29-14-6-3-7-15-29)36(47)27-44-39(22-10-5-11-23-39)33-20-13-21-34(26-33)40(41,42)43/h3-4,6-9,12-21,25-26,28,35-36,44,47H,5,10-11,22-24,27H2,1-2H3,(H,45,48)/t28-,35+,36-/m1/s1. The monoisotopic (exact) mass is 671 g/mol. The molecule has 0 saturated heterocycles. The van der Waals surface area contributed by atoms with Gasteiger partial charge in [-0.15, -0.1) is 0 Å². The second-order valence-corrected chi connectivity index (χ2v) is 13.0. The SMILES string of the molecule is C[C@H](c1ccccc1)N(C)C(=O)c1cccc(C(=O)N[C@@H](Cc2ccccc2)[C@H](O)CNC2(c3cccc(C(F)(F)F)c3)CCCCC2)c1. The van der Waals surface area contributed by atoms with E-state index in [9.17, 15) is 27.9 Å². The Morgan fingerprint density at radius 1 is 0.837 bits per heavy atom. The van der Waals surface area contributed by atoms with E-state index in [0.29, 0.717) is 30.4 Å². The molecule has 1 saturated carbocycles. The summed E-state index contributed by atoms with van der Waals surface area (Å²) in [5.41, 5.74) is 1.63. The van der Waals surface area contributed by atoms with Gasteiger partial charge in [0.1, 0.15) is 0 Å². The third-order valence-corrected chi connectivity index (χ3v) is 9.73. The zero-order chi connectivity index (χ0) is 35.0. The number of halogens is 3. The van der Waals surface area contributed by atoms with E-state index in [0.717, 1.165) is 36.5 Å². The first-order valence-electron chi connectivity index (χ1n) is 16.8. The quantitative estimate of drug-likeness (QED) is 0.144. The van der Waals surface area contributed by atoms with E-state index in [1.807, 2.05) is 67.6 Å². The van der Waals surface area contributed by atoms with Crippen LogP contribution in [0.5, 0.6) is 0 Å². The maximum absolute atomic E-state index is 13.7. The smallest absolute Gasteiger partial charge is 0.390 e. The molecule has 4 aromatic rings. The maximum atomic E-state index is 13.7. The number of hydrogen-bond acceptors (Lipinski definition) is 4. The van der Waals surface area contributed by atoms with Gasteiger partial charge >= 0.3 is 6.18 Å². The summed E-state index contributed by atoms with van der Waals surface area (Å²) >= 11 is 0. The molecule has 0 spiro atoms. The van der Waals surface area contributed by atoms with Crippen LogP contribution in [0.3, 0.4) is 0 Å². The lowest BCUT2D eigenvalue weighted by atomic mass is 9.76. The predicted molar refractivity (Wildman–Crippen MR) is 185 cm³/mol. The third-order valence-electron chi connectivity index (χ3n) is 9.73. The number of aliphatic hydroxyl groups is 1. The van der Waals surface area contributed by atoms with Crippen molar-refractivity contribution in [2.75, 3.05) is 13.6 Å². The van der Waals surface area contributed by atoms with Gasteiger partial charge in [0.2, 0.25) is 0 Å². The van der Waals surface area contributed by atoms with Crippen molar-refractivity contribution in [3.63, 3.8) is 0 Å². The molecule has 0 radical (unpaired) electrons. The molecule has 2 amide bonds. The summed E-state index contributed by atoms with van der Waals surface area (Å²) in [6.45, 7) is 1.99. The van der Waals surface area contributed by atoms with Crippen LogP contribution >= 0.6 is 0 Å². The van der Waals surface area contributed by atoms with Crippen LogP contribution in [0.15, 0.2) is 109 Å². The number of nitrogens with zero attached hydrogens (tertiary/aromatic N) is 1. The Balaban J connectivity index is 1.34.